The average Bonchev–Trinajstić information content (AvgIpc) is 2.90. The second kappa shape index (κ2) is 5.23. The Balaban J connectivity index is 1.88. The summed E-state index contributed by atoms with van der Waals surface area (Å²) >= 11 is 0. The number of benzene rings is 1. The SMILES string of the molecule is C=C1CN=C(c2ccn(C)n2)C=C2c3cccc(C)c3CCN12. The highest BCUT2D eigenvalue weighted by Gasteiger charge is 2.26. The standard InChI is InChI=1S/C19H20N4/c1-13-5-4-6-16-15(13)7-10-23-14(2)12-20-18(11-19(16)23)17-8-9-22(3)21-17/h4-6,8-9,11H,2,7,10,12H2,1,3H3. The van der Waals surface area contributed by atoms with Crippen molar-refractivity contribution in [1.29, 1.82) is 0 Å². The van der Waals surface area contributed by atoms with E-state index in [9.17, 15) is 0 Å². The van der Waals surface area contributed by atoms with Crippen molar-refractivity contribution in [3.8, 4) is 0 Å². The summed E-state index contributed by atoms with van der Waals surface area (Å²) in [6.45, 7) is 8.01. The molecule has 0 unspecified atom stereocenters. The minimum atomic E-state index is 0.618. The van der Waals surface area contributed by atoms with Crippen molar-refractivity contribution in [2.75, 3.05) is 13.1 Å². The maximum Gasteiger partial charge on any atom is 0.110 e. The maximum atomic E-state index is 4.73. The minimum absolute atomic E-state index is 0.618. The number of aryl methyl sites for hydroxylation is 2. The molecular weight excluding hydrogens is 284 g/mol. The predicted molar refractivity (Wildman–Crippen MR) is 93.3 cm³/mol. The van der Waals surface area contributed by atoms with Crippen molar-refractivity contribution in [2.24, 2.45) is 12.0 Å². The Labute approximate surface area is 136 Å². The summed E-state index contributed by atoms with van der Waals surface area (Å²) in [4.78, 5) is 7.04. The summed E-state index contributed by atoms with van der Waals surface area (Å²) < 4.78 is 1.81. The second-order valence-corrected chi connectivity index (χ2v) is 6.17. The number of aliphatic imine (C=N–C) groups is 1. The summed E-state index contributed by atoms with van der Waals surface area (Å²) in [5.41, 5.74) is 8.17. The zero-order valence-electron chi connectivity index (χ0n) is 13.6. The molecule has 0 N–H and O–H groups in total. The highest BCUT2D eigenvalue weighted by molar-refractivity contribution is 6.11. The fraction of sp³-hybridized carbons (Fsp3) is 0.263. The average molecular weight is 304 g/mol. The molecule has 0 amide bonds. The topological polar surface area (TPSA) is 33.4 Å². The second-order valence-electron chi connectivity index (χ2n) is 6.17. The number of aromatic nitrogens is 2. The lowest BCUT2D eigenvalue weighted by Gasteiger charge is -2.34. The number of hydrogen-bond donors (Lipinski definition) is 0. The highest BCUT2D eigenvalue weighted by atomic mass is 15.3. The molecule has 4 heteroatoms. The van der Waals surface area contributed by atoms with E-state index in [4.69, 9.17) is 4.99 Å². The van der Waals surface area contributed by atoms with E-state index in [0.29, 0.717) is 6.54 Å². The Hall–Kier alpha value is -2.62. The van der Waals surface area contributed by atoms with Crippen LogP contribution in [0.1, 0.15) is 22.4 Å². The molecule has 0 atom stereocenters. The smallest absolute Gasteiger partial charge is 0.110 e. The summed E-state index contributed by atoms with van der Waals surface area (Å²) in [5, 5.41) is 4.51. The van der Waals surface area contributed by atoms with Crippen molar-refractivity contribution in [2.45, 2.75) is 13.3 Å². The van der Waals surface area contributed by atoms with Gasteiger partial charge in [-0.3, -0.25) is 9.67 Å². The number of hydrogen-bond acceptors (Lipinski definition) is 3. The van der Waals surface area contributed by atoms with Crippen molar-refractivity contribution in [1.82, 2.24) is 14.7 Å². The van der Waals surface area contributed by atoms with Gasteiger partial charge in [-0.25, -0.2) is 0 Å². The lowest BCUT2D eigenvalue weighted by Crippen LogP contribution is -2.29. The van der Waals surface area contributed by atoms with E-state index in [2.05, 4.69) is 47.8 Å². The van der Waals surface area contributed by atoms with Crippen LogP contribution in [0, 0.1) is 6.92 Å². The molecule has 2 aliphatic heterocycles. The Morgan fingerprint density at radius 2 is 2.09 bits per heavy atom. The van der Waals surface area contributed by atoms with Crippen LogP contribution in [0.5, 0.6) is 0 Å². The van der Waals surface area contributed by atoms with Crippen molar-refractivity contribution >= 4 is 11.4 Å². The fourth-order valence-corrected chi connectivity index (χ4v) is 3.39. The fourth-order valence-electron chi connectivity index (χ4n) is 3.39. The van der Waals surface area contributed by atoms with Gasteiger partial charge < -0.3 is 4.90 Å². The Morgan fingerprint density at radius 1 is 1.22 bits per heavy atom. The number of nitrogens with zero attached hydrogens (tertiary/aromatic N) is 4. The van der Waals surface area contributed by atoms with Crippen molar-refractivity contribution < 1.29 is 0 Å². The summed E-state index contributed by atoms with van der Waals surface area (Å²) in [5.74, 6) is 0. The van der Waals surface area contributed by atoms with Crippen LogP contribution in [-0.2, 0) is 13.5 Å². The number of rotatable bonds is 1. The molecule has 0 bridgehead atoms. The summed E-state index contributed by atoms with van der Waals surface area (Å²) in [6.07, 6.45) is 5.17. The van der Waals surface area contributed by atoms with Gasteiger partial charge in [-0.2, -0.15) is 5.10 Å². The van der Waals surface area contributed by atoms with E-state index in [-0.39, 0.29) is 0 Å². The van der Waals surface area contributed by atoms with E-state index < -0.39 is 0 Å². The molecule has 1 aromatic heterocycles. The monoisotopic (exact) mass is 304 g/mol. The zero-order chi connectivity index (χ0) is 16.0. The molecule has 4 rings (SSSR count). The minimum Gasteiger partial charge on any atom is -0.343 e. The Kier molecular flexibility index (Phi) is 3.18. The van der Waals surface area contributed by atoms with Crippen LogP contribution in [0.3, 0.4) is 0 Å². The molecule has 0 fully saturated rings. The maximum absolute atomic E-state index is 4.73. The van der Waals surface area contributed by atoms with Crippen LogP contribution in [0.2, 0.25) is 0 Å². The normalized spacial score (nSPS) is 17.1. The lowest BCUT2D eigenvalue weighted by molar-refractivity contribution is 0.472. The van der Waals surface area contributed by atoms with Gasteiger partial charge in [0.2, 0.25) is 0 Å². The molecule has 4 nitrogen and oxygen atoms in total. The molecule has 2 aromatic rings. The predicted octanol–water partition coefficient (Wildman–Crippen LogP) is 2.94. The van der Waals surface area contributed by atoms with Gasteiger partial charge in [0.05, 0.1) is 18.0 Å². The molecule has 1 aromatic carbocycles. The first kappa shape index (κ1) is 14.0. The zero-order valence-corrected chi connectivity index (χ0v) is 13.6. The third kappa shape index (κ3) is 2.31. The Morgan fingerprint density at radius 3 is 2.87 bits per heavy atom. The van der Waals surface area contributed by atoms with Gasteiger partial charge in [0.15, 0.2) is 0 Å². The van der Waals surface area contributed by atoms with Gasteiger partial charge in [-0.1, -0.05) is 24.8 Å². The third-order valence-corrected chi connectivity index (χ3v) is 4.63. The van der Waals surface area contributed by atoms with Crippen LogP contribution in [-0.4, -0.2) is 33.5 Å². The van der Waals surface area contributed by atoms with Crippen molar-refractivity contribution in [3.63, 3.8) is 0 Å². The van der Waals surface area contributed by atoms with E-state index >= 15 is 0 Å². The van der Waals surface area contributed by atoms with Crippen LogP contribution in [0.4, 0.5) is 0 Å². The van der Waals surface area contributed by atoms with E-state index in [1.807, 2.05) is 24.0 Å². The molecular formula is C19H20N4. The van der Waals surface area contributed by atoms with Gasteiger partial charge in [-0.15, -0.1) is 0 Å². The molecule has 116 valence electrons. The third-order valence-electron chi connectivity index (χ3n) is 4.63. The first-order chi connectivity index (χ1) is 11.1. The summed E-state index contributed by atoms with van der Waals surface area (Å²) in [6, 6.07) is 8.53. The van der Waals surface area contributed by atoms with E-state index in [0.717, 1.165) is 30.1 Å². The first-order valence-electron chi connectivity index (χ1n) is 7.94. The largest absolute Gasteiger partial charge is 0.343 e. The number of allylic oxidation sites excluding steroid dienone is 1. The van der Waals surface area contributed by atoms with E-state index in [1.54, 1.807) is 0 Å². The Bertz CT molecular complexity index is 854. The van der Waals surface area contributed by atoms with Crippen LogP contribution in [0.15, 0.2) is 53.8 Å². The van der Waals surface area contributed by atoms with Gasteiger partial charge in [0.25, 0.3) is 0 Å². The molecule has 23 heavy (non-hydrogen) atoms. The van der Waals surface area contributed by atoms with Gasteiger partial charge in [0, 0.05) is 31.0 Å². The van der Waals surface area contributed by atoms with Gasteiger partial charge in [0.1, 0.15) is 5.69 Å². The molecule has 0 aliphatic carbocycles. The quantitative estimate of drug-likeness (QED) is 0.811. The molecule has 0 saturated heterocycles. The highest BCUT2D eigenvalue weighted by Crippen LogP contribution is 2.34. The lowest BCUT2D eigenvalue weighted by atomic mass is 9.91. The van der Waals surface area contributed by atoms with E-state index in [1.165, 1.54) is 22.4 Å². The van der Waals surface area contributed by atoms with Crippen LogP contribution < -0.4 is 0 Å². The molecule has 0 spiro atoms. The molecule has 3 heterocycles. The first-order valence-corrected chi connectivity index (χ1v) is 7.94. The summed E-state index contributed by atoms with van der Waals surface area (Å²) in [7, 11) is 1.93. The number of fused-ring (bicyclic) bond motifs is 3. The molecule has 2 aliphatic rings. The van der Waals surface area contributed by atoms with Crippen molar-refractivity contribution in [3.05, 3.63) is 71.2 Å². The molecule has 0 radical (unpaired) electrons. The van der Waals surface area contributed by atoms with Gasteiger partial charge in [-0.05, 0) is 36.6 Å². The molecule has 0 saturated carbocycles. The van der Waals surface area contributed by atoms with Crippen LogP contribution >= 0.6 is 0 Å². The van der Waals surface area contributed by atoms with Gasteiger partial charge >= 0.3 is 0 Å². The van der Waals surface area contributed by atoms with Crippen LogP contribution in [0.25, 0.3) is 5.70 Å².